The van der Waals surface area contributed by atoms with Gasteiger partial charge in [0.2, 0.25) is 5.91 Å². The highest BCUT2D eigenvalue weighted by atomic mass is 35.5. The maximum Gasteiger partial charge on any atom is 0.246 e. The fourth-order valence-electron chi connectivity index (χ4n) is 1.87. The second-order valence-corrected chi connectivity index (χ2v) is 6.80. The number of nitrogens with zero attached hydrogens (tertiary/aromatic N) is 3. The van der Waals surface area contributed by atoms with Gasteiger partial charge in [-0.15, -0.1) is 11.3 Å². The molecule has 0 N–H and O–H groups in total. The Labute approximate surface area is 137 Å². The van der Waals surface area contributed by atoms with Gasteiger partial charge in [-0.2, -0.15) is 5.10 Å². The second kappa shape index (κ2) is 6.64. The lowest BCUT2D eigenvalue weighted by molar-refractivity contribution is -0.125. The van der Waals surface area contributed by atoms with Crippen LogP contribution in [0, 0.1) is 6.92 Å². The molecule has 0 spiro atoms. The van der Waals surface area contributed by atoms with E-state index in [4.69, 9.17) is 23.2 Å². The number of likely N-dealkylation sites (N-methyl/N-ethyl adjacent to an activating group) is 1. The highest BCUT2D eigenvalue weighted by molar-refractivity contribution is 7.16. The minimum absolute atomic E-state index is 0.0983. The number of rotatable bonds is 4. The summed E-state index contributed by atoms with van der Waals surface area (Å²) in [6.45, 7) is 2.38. The first kappa shape index (κ1) is 16.1. The number of amides is 1. The lowest BCUT2D eigenvalue weighted by atomic mass is 10.2. The van der Waals surface area contributed by atoms with Crippen LogP contribution in [-0.2, 0) is 18.4 Å². The first-order chi connectivity index (χ1) is 9.88. The molecule has 21 heavy (non-hydrogen) atoms. The van der Waals surface area contributed by atoms with Crippen LogP contribution in [0.15, 0.2) is 18.2 Å². The number of halogens is 2. The van der Waals surface area contributed by atoms with Crippen molar-refractivity contribution in [2.75, 3.05) is 7.05 Å². The quantitative estimate of drug-likeness (QED) is 0.792. The zero-order valence-electron chi connectivity index (χ0n) is 11.9. The normalized spacial score (nSPS) is 11.3. The largest absolute Gasteiger partial charge is 0.337 e. The smallest absolute Gasteiger partial charge is 0.246 e. The van der Waals surface area contributed by atoms with E-state index in [1.54, 1.807) is 29.8 Å². The van der Waals surface area contributed by atoms with E-state index in [-0.39, 0.29) is 5.91 Å². The van der Waals surface area contributed by atoms with E-state index in [0.29, 0.717) is 11.7 Å². The van der Waals surface area contributed by atoms with Crippen LogP contribution in [-0.4, -0.2) is 27.6 Å². The third-order valence-electron chi connectivity index (χ3n) is 2.99. The van der Waals surface area contributed by atoms with Gasteiger partial charge in [-0.05, 0) is 25.1 Å². The number of hydrogen-bond donors (Lipinski definition) is 0. The van der Waals surface area contributed by atoms with Crippen LogP contribution in [0.25, 0.3) is 6.08 Å². The van der Waals surface area contributed by atoms with Crippen molar-refractivity contribution in [3.8, 4) is 0 Å². The fraction of sp³-hybridized carbons (Fsp3) is 0.286. The summed E-state index contributed by atoms with van der Waals surface area (Å²) in [4.78, 5) is 14.8. The van der Waals surface area contributed by atoms with E-state index in [1.165, 1.54) is 17.4 Å². The van der Waals surface area contributed by atoms with Crippen LogP contribution < -0.4 is 0 Å². The van der Waals surface area contributed by atoms with Gasteiger partial charge in [-0.1, -0.05) is 23.2 Å². The molecule has 0 saturated heterocycles. The zero-order chi connectivity index (χ0) is 15.6. The van der Waals surface area contributed by atoms with Gasteiger partial charge in [0.05, 0.1) is 16.6 Å². The van der Waals surface area contributed by atoms with Crippen molar-refractivity contribution in [2.24, 2.45) is 7.05 Å². The number of aromatic nitrogens is 2. The summed E-state index contributed by atoms with van der Waals surface area (Å²) < 4.78 is 2.30. The van der Waals surface area contributed by atoms with Crippen molar-refractivity contribution in [3.05, 3.63) is 43.8 Å². The summed E-state index contributed by atoms with van der Waals surface area (Å²) in [6.07, 6.45) is 3.20. The van der Waals surface area contributed by atoms with Crippen LogP contribution in [0.1, 0.15) is 16.1 Å². The topological polar surface area (TPSA) is 38.1 Å². The van der Waals surface area contributed by atoms with Gasteiger partial charge in [0.25, 0.3) is 0 Å². The predicted octanol–water partition coefficient (Wildman–Crippen LogP) is 3.77. The van der Waals surface area contributed by atoms with E-state index in [9.17, 15) is 4.79 Å². The molecule has 2 aromatic heterocycles. The molecular weight excluding hydrogens is 329 g/mol. The molecule has 0 saturated carbocycles. The summed E-state index contributed by atoms with van der Waals surface area (Å²) in [7, 11) is 3.51. The molecule has 0 aromatic carbocycles. The summed E-state index contributed by atoms with van der Waals surface area (Å²) >= 11 is 13.5. The number of carbonyl (C=O) groups is 1. The third-order valence-corrected chi connectivity index (χ3v) is 4.65. The van der Waals surface area contributed by atoms with Gasteiger partial charge in [0.1, 0.15) is 5.15 Å². The summed E-state index contributed by atoms with van der Waals surface area (Å²) in [5.74, 6) is -0.0983. The summed E-state index contributed by atoms with van der Waals surface area (Å²) in [6, 6.07) is 3.75. The van der Waals surface area contributed by atoms with Crippen LogP contribution in [0.5, 0.6) is 0 Å². The molecule has 1 amide bonds. The lowest BCUT2D eigenvalue weighted by Gasteiger charge is -2.13. The average molecular weight is 344 g/mol. The highest BCUT2D eigenvalue weighted by Crippen LogP contribution is 2.23. The Morgan fingerprint density at radius 3 is 2.71 bits per heavy atom. The monoisotopic (exact) mass is 343 g/mol. The minimum Gasteiger partial charge on any atom is -0.337 e. The molecule has 0 atom stereocenters. The van der Waals surface area contributed by atoms with Crippen molar-refractivity contribution in [1.29, 1.82) is 0 Å². The Morgan fingerprint density at radius 2 is 2.19 bits per heavy atom. The Hall–Kier alpha value is -1.30. The predicted molar refractivity (Wildman–Crippen MR) is 87.8 cm³/mol. The van der Waals surface area contributed by atoms with E-state index < -0.39 is 0 Å². The molecule has 0 bridgehead atoms. The van der Waals surface area contributed by atoms with Gasteiger partial charge >= 0.3 is 0 Å². The molecule has 0 unspecified atom stereocenters. The van der Waals surface area contributed by atoms with E-state index in [1.807, 2.05) is 19.1 Å². The van der Waals surface area contributed by atoms with Crippen LogP contribution >= 0.6 is 34.5 Å². The molecule has 2 aromatic rings. The molecule has 0 radical (unpaired) electrons. The molecule has 112 valence electrons. The average Bonchev–Trinajstić information content (AvgIpc) is 2.92. The summed E-state index contributed by atoms with van der Waals surface area (Å²) in [5, 5.41) is 4.72. The van der Waals surface area contributed by atoms with Gasteiger partial charge in [-0.25, -0.2) is 0 Å². The zero-order valence-corrected chi connectivity index (χ0v) is 14.3. The van der Waals surface area contributed by atoms with Gasteiger partial charge < -0.3 is 4.90 Å². The van der Waals surface area contributed by atoms with Gasteiger partial charge in [0.15, 0.2) is 0 Å². The van der Waals surface area contributed by atoms with Gasteiger partial charge in [-0.3, -0.25) is 9.48 Å². The maximum atomic E-state index is 12.1. The fourth-order valence-corrected chi connectivity index (χ4v) is 3.24. The number of thiophene rings is 1. The van der Waals surface area contributed by atoms with Crippen molar-refractivity contribution in [3.63, 3.8) is 0 Å². The first-order valence-electron chi connectivity index (χ1n) is 6.25. The van der Waals surface area contributed by atoms with E-state index in [2.05, 4.69) is 5.10 Å². The molecule has 0 aliphatic rings. The van der Waals surface area contributed by atoms with Crippen molar-refractivity contribution >= 4 is 46.5 Å². The van der Waals surface area contributed by atoms with Crippen LogP contribution in [0.4, 0.5) is 0 Å². The number of hydrogen-bond acceptors (Lipinski definition) is 3. The van der Waals surface area contributed by atoms with E-state index in [0.717, 1.165) is 20.5 Å². The molecular formula is C14H15Cl2N3OS. The number of carbonyl (C=O) groups excluding carboxylic acids is 1. The number of aryl methyl sites for hydroxylation is 2. The highest BCUT2D eigenvalue weighted by Gasteiger charge is 2.11. The molecule has 7 heteroatoms. The molecule has 0 aliphatic carbocycles. The molecule has 0 aliphatic heterocycles. The lowest BCUT2D eigenvalue weighted by Crippen LogP contribution is -2.23. The van der Waals surface area contributed by atoms with Crippen molar-refractivity contribution < 1.29 is 4.79 Å². The molecule has 2 rings (SSSR count). The van der Waals surface area contributed by atoms with Crippen LogP contribution in [0.3, 0.4) is 0 Å². The molecule has 0 fully saturated rings. The second-order valence-electron chi connectivity index (χ2n) is 4.65. The Kier molecular flexibility index (Phi) is 5.08. The minimum atomic E-state index is -0.0983. The maximum absolute atomic E-state index is 12.1. The van der Waals surface area contributed by atoms with Crippen molar-refractivity contribution in [1.82, 2.24) is 14.7 Å². The third kappa shape index (κ3) is 3.87. The first-order valence-corrected chi connectivity index (χ1v) is 7.82. The van der Waals surface area contributed by atoms with E-state index >= 15 is 0 Å². The van der Waals surface area contributed by atoms with Gasteiger partial charge in [0, 0.05) is 30.6 Å². The molecule has 4 nitrogen and oxygen atoms in total. The Bertz CT molecular complexity index is 690. The molecule has 2 heterocycles. The summed E-state index contributed by atoms with van der Waals surface area (Å²) in [5.41, 5.74) is 1.55. The Morgan fingerprint density at radius 1 is 1.48 bits per heavy atom. The Balaban J connectivity index is 2.04. The standard InChI is InChI=1S/C14H15Cl2N3OS/c1-9-11(14(16)19(3)17-9)5-7-13(20)18(2)8-10-4-6-12(15)21-10/h4-7H,8H2,1-3H3. The van der Waals surface area contributed by atoms with Crippen LogP contribution in [0.2, 0.25) is 9.49 Å². The van der Waals surface area contributed by atoms with Crippen molar-refractivity contribution in [2.45, 2.75) is 13.5 Å². The SMILES string of the molecule is Cc1nn(C)c(Cl)c1C=CC(=O)N(C)Cc1ccc(Cl)s1.